The molecule has 0 spiro atoms. The average molecular weight is 431 g/mol. The fourth-order valence-electron chi connectivity index (χ4n) is 2.66. The van der Waals surface area contributed by atoms with E-state index in [9.17, 15) is 24.5 Å². The molecule has 2 aromatic carbocycles. The summed E-state index contributed by atoms with van der Waals surface area (Å²) in [5, 5.41) is 15.5. The topological polar surface area (TPSA) is 137 Å². The van der Waals surface area contributed by atoms with Gasteiger partial charge in [0.1, 0.15) is 11.4 Å². The Hall–Kier alpha value is -3.60. The lowest BCUT2D eigenvalue weighted by atomic mass is 10.2. The van der Waals surface area contributed by atoms with Gasteiger partial charge in [0.15, 0.2) is 6.61 Å². The Morgan fingerprint density at radius 1 is 1.27 bits per heavy atom. The van der Waals surface area contributed by atoms with Crippen LogP contribution in [0.4, 0.5) is 17.1 Å². The predicted molar refractivity (Wildman–Crippen MR) is 109 cm³/mol. The van der Waals surface area contributed by atoms with E-state index < -0.39 is 28.7 Å². The molecule has 0 bridgehead atoms. The van der Waals surface area contributed by atoms with Crippen molar-refractivity contribution in [1.82, 2.24) is 0 Å². The highest BCUT2D eigenvalue weighted by atomic mass is 32.2. The molecular formula is C19H17N3O7S. The van der Waals surface area contributed by atoms with Crippen LogP contribution in [0.15, 0.2) is 47.4 Å². The normalized spacial score (nSPS) is 14.8. The summed E-state index contributed by atoms with van der Waals surface area (Å²) in [5.41, 5.74) is 0.265. The van der Waals surface area contributed by atoms with E-state index in [4.69, 9.17) is 9.47 Å². The van der Waals surface area contributed by atoms with E-state index in [1.807, 2.05) is 12.1 Å². The van der Waals surface area contributed by atoms with Gasteiger partial charge in [-0.1, -0.05) is 12.1 Å². The first-order valence-corrected chi connectivity index (χ1v) is 9.60. The highest BCUT2D eigenvalue weighted by Crippen LogP contribution is 2.36. The van der Waals surface area contributed by atoms with Gasteiger partial charge in [-0.05, 0) is 24.3 Å². The van der Waals surface area contributed by atoms with E-state index in [0.717, 1.165) is 4.90 Å². The summed E-state index contributed by atoms with van der Waals surface area (Å²) < 4.78 is 9.85. The SMILES string of the molecule is COc1ccc(NC(=O)COC(=O)CC2Sc3ccccc3NC2=O)c([N+](=O)[O-])c1. The Bertz CT molecular complexity index is 1010. The van der Waals surface area contributed by atoms with Crippen LogP contribution in [0, 0.1) is 10.1 Å². The summed E-state index contributed by atoms with van der Waals surface area (Å²) in [4.78, 5) is 47.6. The highest BCUT2D eigenvalue weighted by Gasteiger charge is 2.29. The third-order valence-corrected chi connectivity index (χ3v) is 5.37. The van der Waals surface area contributed by atoms with Crippen LogP contribution in [0.1, 0.15) is 6.42 Å². The molecule has 156 valence electrons. The van der Waals surface area contributed by atoms with Gasteiger partial charge in [0.25, 0.3) is 11.6 Å². The Balaban J connectivity index is 1.54. The van der Waals surface area contributed by atoms with Crippen LogP contribution in [0.3, 0.4) is 0 Å². The zero-order valence-corrected chi connectivity index (χ0v) is 16.6. The summed E-state index contributed by atoms with van der Waals surface area (Å²) in [6, 6.07) is 11.1. The maximum absolute atomic E-state index is 12.1. The minimum Gasteiger partial charge on any atom is -0.496 e. The van der Waals surface area contributed by atoms with Crippen molar-refractivity contribution >= 4 is 46.6 Å². The van der Waals surface area contributed by atoms with Crippen LogP contribution in [-0.4, -0.2) is 41.7 Å². The smallest absolute Gasteiger partial charge is 0.307 e. The summed E-state index contributed by atoms with van der Waals surface area (Å²) in [7, 11) is 1.36. The molecule has 0 saturated carbocycles. The number of fused-ring (bicyclic) bond motifs is 1. The number of hydrogen-bond donors (Lipinski definition) is 2. The quantitative estimate of drug-likeness (QED) is 0.388. The molecule has 1 aliphatic heterocycles. The van der Waals surface area contributed by atoms with E-state index in [0.29, 0.717) is 5.69 Å². The van der Waals surface area contributed by atoms with Gasteiger partial charge in [0.05, 0.1) is 35.5 Å². The molecule has 11 heteroatoms. The first-order chi connectivity index (χ1) is 14.4. The van der Waals surface area contributed by atoms with Gasteiger partial charge in [-0.25, -0.2) is 0 Å². The lowest BCUT2D eigenvalue weighted by molar-refractivity contribution is -0.384. The van der Waals surface area contributed by atoms with E-state index in [2.05, 4.69) is 10.6 Å². The molecule has 1 unspecified atom stereocenters. The molecule has 0 fully saturated rings. The van der Waals surface area contributed by atoms with Gasteiger partial charge < -0.3 is 20.1 Å². The van der Waals surface area contributed by atoms with Crippen LogP contribution in [0.2, 0.25) is 0 Å². The van der Waals surface area contributed by atoms with Crippen molar-refractivity contribution in [2.24, 2.45) is 0 Å². The lowest BCUT2D eigenvalue weighted by Gasteiger charge is -2.23. The van der Waals surface area contributed by atoms with Gasteiger partial charge in [-0.3, -0.25) is 24.5 Å². The number of ether oxygens (including phenoxy) is 2. The number of para-hydroxylation sites is 1. The van der Waals surface area contributed by atoms with Crippen molar-refractivity contribution in [2.45, 2.75) is 16.6 Å². The maximum Gasteiger partial charge on any atom is 0.307 e. The lowest BCUT2D eigenvalue weighted by Crippen LogP contribution is -2.32. The second-order valence-electron chi connectivity index (χ2n) is 6.15. The predicted octanol–water partition coefficient (Wildman–Crippen LogP) is 2.59. The summed E-state index contributed by atoms with van der Waals surface area (Å²) in [5.74, 6) is -1.55. The number of methoxy groups -OCH3 is 1. The summed E-state index contributed by atoms with van der Waals surface area (Å²) in [6.07, 6.45) is -0.221. The van der Waals surface area contributed by atoms with Gasteiger partial charge in [-0.15, -0.1) is 11.8 Å². The molecule has 10 nitrogen and oxygen atoms in total. The minimum absolute atomic E-state index is 0.0549. The van der Waals surface area contributed by atoms with Crippen molar-refractivity contribution < 1.29 is 28.8 Å². The summed E-state index contributed by atoms with van der Waals surface area (Å²) >= 11 is 1.24. The third-order valence-electron chi connectivity index (χ3n) is 4.10. The minimum atomic E-state index is -0.747. The number of benzene rings is 2. The number of nitrogens with one attached hydrogen (secondary N) is 2. The molecule has 2 amide bonds. The Morgan fingerprint density at radius 3 is 2.77 bits per heavy atom. The molecule has 30 heavy (non-hydrogen) atoms. The first kappa shape index (κ1) is 21.1. The van der Waals surface area contributed by atoms with Crippen molar-refractivity contribution in [3.8, 4) is 5.75 Å². The zero-order valence-electron chi connectivity index (χ0n) is 15.7. The molecule has 2 aromatic rings. The number of rotatable bonds is 7. The van der Waals surface area contributed by atoms with Crippen LogP contribution in [0.25, 0.3) is 0 Å². The molecule has 2 N–H and O–H groups in total. The van der Waals surface area contributed by atoms with Crippen molar-refractivity contribution in [3.63, 3.8) is 0 Å². The van der Waals surface area contributed by atoms with E-state index in [1.165, 1.54) is 37.1 Å². The van der Waals surface area contributed by atoms with Gasteiger partial charge in [-0.2, -0.15) is 0 Å². The first-order valence-electron chi connectivity index (χ1n) is 8.72. The molecule has 0 saturated heterocycles. The third kappa shape index (κ3) is 5.06. The van der Waals surface area contributed by atoms with E-state index in [1.54, 1.807) is 12.1 Å². The fraction of sp³-hybridized carbons (Fsp3) is 0.211. The molecule has 0 radical (unpaired) electrons. The molecule has 3 rings (SSSR count). The van der Waals surface area contributed by atoms with Crippen LogP contribution in [0.5, 0.6) is 5.75 Å². The number of amides is 2. The fourth-order valence-corrected chi connectivity index (χ4v) is 3.76. The number of nitrogens with zero attached hydrogens (tertiary/aromatic N) is 1. The average Bonchev–Trinajstić information content (AvgIpc) is 2.73. The van der Waals surface area contributed by atoms with Crippen LogP contribution in [-0.2, 0) is 19.1 Å². The Kier molecular flexibility index (Phi) is 6.52. The number of hydrogen-bond acceptors (Lipinski definition) is 8. The van der Waals surface area contributed by atoms with Crippen molar-refractivity contribution in [1.29, 1.82) is 0 Å². The van der Waals surface area contributed by atoms with Gasteiger partial charge in [0, 0.05) is 4.90 Å². The highest BCUT2D eigenvalue weighted by molar-refractivity contribution is 8.01. The monoisotopic (exact) mass is 431 g/mol. The summed E-state index contributed by atoms with van der Waals surface area (Å²) in [6.45, 7) is -0.641. The molecular weight excluding hydrogens is 414 g/mol. The van der Waals surface area contributed by atoms with Gasteiger partial charge in [0.2, 0.25) is 5.91 Å². The number of thioether (sulfide) groups is 1. The van der Waals surface area contributed by atoms with Gasteiger partial charge >= 0.3 is 5.97 Å². The molecule has 1 atom stereocenters. The zero-order chi connectivity index (χ0) is 21.7. The van der Waals surface area contributed by atoms with Crippen molar-refractivity contribution in [2.75, 3.05) is 24.4 Å². The van der Waals surface area contributed by atoms with E-state index >= 15 is 0 Å². The Labute approximate surface area is 175 Å². The second-order valence-corrected chi connectivity index (χ2v) is 7.39. The van der Waals surface area contributed by atoms with E-state index in [-0.39, 0.29) is 29.5 Å². The largest absolute Gasteiger partial charge is 0.496 e. The number of carbonyl (C=O) groups excluding carboxylic acids is 3. The number of nitro benzene ring substituents is 1. The van der Waals surface area contributed by atoms with Crippen molar-refractivity contribution in [3.05, 3.63) is 52.6 Å². The number of nitro groups is 1. The van der Waals surface area contributed by atoms with Crippen LogP contribution >= 0.6 is 11.8 Å². The number of anilines is 2. The second kappa shape index (κ2) is 9.27. The number of carbonyl (C=O) groups is 3. The number of esters is 1. The Morgan fingerprint density at radius 2 is 2.03 bits per heavy atom. The van der Waals surface area contributed by atoms with Crippen LogP contribution < -0.4 is 15.4 Å². The molecule has 1 aliphatic rings. The molecule has 0 aromatic heterocycles. The molecule has 1 heterocycles. The maximum atomic E-state index is 12.1. The standard InChI is InChI=1S/C19H17N3O7S/c1-28-11-6-7-12(14(8-11)22(26)27)20-17(23)10-29-18(24)9-16-19(25)21-13-4-2-3-5-15(13)30-16/h2-8,16H,9-10H2,1H3,(H,20,23)(H,21,25). The molecule has 0 aliphatic carbocycles.